The maximum Gasteiger partial charge on any atom is 0.323 e. The summed E-state index contributed by atoms with van der Waals surface area (Å²) in [4.78, 5) is 24.4. The molecule has 0 fully saturated rings. The summed E-state index contributed by atoms with van der Waals surface area (Å²) < 4.78 is 13.6. The Balaban J connectivity index is 2.23. The number of halogens is 1. The molecule has 0 aliphatic rings. The summed E-state index contributed by atoms with van der Waals surface area (Å²) in [6.07, 6.45) is -0.186. The first kappa shape index (κ1) is 14.7. The molecular weight excluding hydrogens is 273 g/mol. The van der Waals surface area contributed by atoms with Crippen molar-refractivity contribution in [3.63, 3.8) is 0 Å². The van der Waals surface area contributed by atoms with Gasteiger partial charge in [0.2, 0.25) is 5.91 Å². The fourth-order valence-electron chi connectivity index (χ4n) is 1.97. The zero-order valence-electron chi connectivity index (χ0n) is 11.2. The molecular formula is C16H14FNO3. The Bertz CT molecular complexity index is 643. The summed E-state index contributed by atoms with van der Waals surface area (Å²) in [6, 6.07) is 14.4. The molecule has 2 aromatic carbocycles. The normalized spacial score (nSPS) is 10.1. The van der Waals surface area contributed by atoms with E-state index in [1.807, 2.05) is 0 Å². The van der Waals surface area contributed by atoms with Crippen LogP contribution in [0.3, 0.4) is 0 Å². The lowest BCUT2D eigenvalue weighted by molar-refractivity contribution is -0.136. The first-order valence-corrected chi connectivity index (χ1v) is 6.38. The van der Waals surface area contributed by atoms with Crippen LogP contribution in [0, 0.1) is 5.82 Å². The monoisotopic (exact) mass is 287 g/mol. The van der Waals surface area contributed by atoms with Crippen molar-refractivity contribution in [2.24, 2.45) is 0 Å². The molecule has 0 spiro atoms. The molecule has 0 heterocycles. The standard InChI is InChI=1S/C16H14FNO3/c17-14-9-5-4-6-12(14)10-15(19)18(11-16(20)21)13-7-2-1-3-8-13/h1-9H,10-11H2,(H,20,21). The Morgan fingerprint density at radius 1 is 1.00 bits per heavy atom. The van der Waals surface area contributed by atoms with Gasteiger partial charge in [-0.05, 0) is 23.8 Å². The number of benzene rings is 2. The van der Waals surface area contributed by atoms with Crippen molar-refractivity contribution >= 4 is 17.6 Å². The van der Waals surface area contributed by atoms with Gasteiger partial charge in [0, 0.05) is 5.69 Å². The van der Waals surface area contributed by atoms with Crippen LogP contribution in [0.2, 0.25) is 0 Å². The van der Waals surface area contributed by atoms with Crippen LogP contribution in [0.15, 0.2) is 54.6 Å². The second kappa shape index (κ2) is 6.65. The summed E-state index contributed by atoms with van der Waals surface area (Å²) in [5.74, 6) is -2.07. The highest BCUT2D eigenvalue weighted by molar-refractivity contribution is 5.98. The van der Waals surface area contributed by atoms with E-state index >= 15 is 0 Å². The minimum atomic E-state index is -1.12. The number of carboxylic acid groups (broad SMARTS) is 1. The topological polar surface area (TPSA) is 57.6 Å². The van der Waals surface area contributed by atoms with Crippen LogP contribution in [-0.4, -0.2) is 23.5 Å². The average Bonchev–Trinajstić information content (AvgIpc) is 2.48. The van der Waals surface area contributed by atoms with E-state index in [1.165, 1.54) is 18.2 Å². The lowest BCUT2D eigenvalue weighted by Gasteiger charge is -2.21. The molecule has 0 radical (unpaired) electrons. The van der Waals surface area contributed by atoms with Crippen LogP contribution >= 0.6 is 0 Å². The molecule has 108 valence electrons. The third-order valence-corrected chi connectivity index (χ3v) is 2.96. The molecule has 2 aromatic rings. The van der Waals surface area contributed by atoms with Gasteiger partial charge in [0.1, 0.15) is 12.4 Å². The van der Waals surface area contributed by atoms with Crippen LogP contribution in [0.5, 0.6) is 0 Å². The Hall–Kier alpha value is -2.69. The van der Waals surface area contributed by atoms with Gasteiger partial charge in [0.05, 0.1) is 6.42 Å². The molecule has 0 aromatic heterocycles. The van der Waals surface area contributed by atoms with Crippen molar-refractivity contribution in [3.8, 4) is 0 Å². The summed E-state index contributed by atoms with van der Waals surface area (Å²) in [7, 11) is 0. The van der Waals surface area contributed by atoms with Crippen LogP contribution in [0.25, 0.3) is 0 Å². The molecule has 5 heteroatoms. The predicted molar refractivity (Wildman–Crippen MR) is 76.5 cm³/mol. The van der Waals surface area contributed by atoms with Gasteiger partial charge >= 0.3 is 5.97 Å². The number of hydrogen-bond acceptors (Lipinski definition) is 2. The molecule has 1 N–H and O–H groups in total. The summed E-state index contributed by atoms with van der Waals surface area (Å²) in [5.41, 5.74) is 0.718. The number of amides is 1. The number of carboxylic acids is 1. The van der Waals surface area contributed by atoms with E-state index in [2.05, 4.69) is 0 Å². The van der Waals surface area contributed by atoms with Gasteiger partial charge in [-0.1, -0.05) is 36.4 Å². The number of nitrogens with zero attached hydrogens (tertiary/aromatic N) is 1. The minimum absolute atomic E-state index is 0.186. The highest BCUT2D eigenvalue weighted by Gasteiger charge is 2.19. The number of rotatable bonds is 5. The van der Waals surface area contributed by atoms with E-state index in [0.717, 1.165) is 4.90 Å². The van der Waals surface area contributed by atoms with Crippen molar-refractivity contribution in [3.05, 3.63) is 66.0 Å². The third-order valence-electron chi connectivity index (χ3n) is 2.96. The number of aliphatic carboxylic acids is 1. The smallest absolute Gasteiger partial charge is 0.323 e. The molecule has 0 aliphatic carbocycles. The first-order chi connectivity index (χ1) is 10.1. The minimum Gasteiger partial charge on any atom is -0.480 e. The molecule has 2 rings (SSSR count). The SMILES string of the molecule is O=C(O)CN(C(=O)Cc1ccccc1F)c1ccccc1. The maximum atomic E-state index is 13.6. The van der Waals surface area contributed by atoms with Crippen LogP contribution < -0.4 is 4.90 Å². The zero-order valence-corrected chi connectivity index (χ0v) is 11.2. The van der Waals surface area contributed by atoms with Crippen molar-refractivity contribution < 1.29 is 19.1 Å². The van der Waals surface area contributed by atoms with Gasteiger partial charge < -0.3 is 10.0 Å². The maximum absolute atomic E-state index is 13.6. The fraction of sp³-hybridized carbons (Fsp3) is 0.125. The summed E-state index contributed by atoms with van der Waals surface area (Å²) in [5, 5.41) is 8.95. The van der Waals surface area contributed by atoms with E-state index in [0.29, 0.717) is 5.69 Å². The highest BCUT2D eigenvalue weighted by atomic mass is 19.1. The Morgan fingerprint density at radius 3 is 2.24 bits per heavy atom. The second-order valence-corrected chi connectivity index (χ2v) is 4.48. The lowest BCUT2D eigenvalue weighted by atomic mass is 10.1. The summed E-state index contributed by atoms with van der Waals surface area (Å²) >= 11 is 0. The van der Waals surface area contributed by atoms with Crippen LogP contribution in [0.1, 0.15) is 5.56 Å². The molecule has 0 saturated heterocycles. The van der Waals surface area contributed by atoms with Crippen LogP contribution in [0.4, 0.5) is 10.1 Å². The Labute approximate surface area is 121 Å². The van der Waals surface area contributed by atoms with Gasteiger partial charge in [0.25, 0.3) is 0 Å². The van der Waals surface area contributed by atoms with Crippen molar-refractivity contribution in [2.45, 2.75) is 6.42 Å². The third kappa shape index (κ3) is 3.89. The largest absolute Gasteiger partial charge is 0.480 e. The van der Waals surface area contributed by atoms with Gasteiger partial charge in [-0.2, -0.15) is 0 Å². The van der Waals surface area contributed by atoms with E-state index in [-0.39, 0.29) is 12.0 Å². The molecule has 0 saturated carbocycles. The molecule has 0 aliphatic heterocycles. The molecule has 1 amide bonds. The first-order valence-electron chi connectivity index (χ1n) is 6.38. The molecule has 0 bridgehead atoms. The second-order valence-electron chi connectivity index (χ2n) is 4.48. The molecule has 0 unspecified atom stereocenters. The highest BCUT2D eigenvalue weighted by Crippen LogP contribution is 2.16. The Kier molecular flexibility index (Phi) is 4.66. The number of para-hydroxylation sites is 1. The van der Waals surface area contributed by atoms with Gasteiger partial charge in [0.15, 0.2) is 0 Å². The Morgan fingerprint density at radius 2 is 1.62 bits per heavy atom. The van der Waals surface area contributed by atoms with E-state index in [9.17, 15) is 14.0 Å². The lowest BCUT2D eigenvalue weighted by Crippen LogP contribution is -2.36. The van der Waals surface area contributed by atoms with Crippen molar-refractivity contribution in [1.29, 1.82) is 0 Å². The number of carbonyl (C=O) groups is 2. The van der Waals surface area contributed by atoms with E-state index in [1.54, 1.807) is 36.4 Å². The number of hydrogen-bond donors (Lipinski definition) is 1. The van der Waals surface area contributed by atoms with Gasteiger partial charge in [-0.3, -0.25) is 9.59 Å². The van der Waals surface area contributed by atoms with Crippen LogP contribution in [-0.2, 0) is 16.0 Å². The number of anilines is 1. The summed E-state index contributed by atoms with van der Waals surface area (Å²) in [6.45, 7) is -0.461. The molecule has 0 atom stereocenters. The molecule has 21 heavy (non-hydrogen) atoms. The zero-order chi connectivity index (χ0) is 15.2. The van der Waals surface area contributed by atoms with E-state index in [4.69, 9.17) is 5.11 Å². The average molecular weight is 287 g/mol. The quantitative estimate of drug-likeness (QED) is 0.919. The molecule has 4 nitrogen and oxygen atoms in total. The van der Waals surface area contributed by atoms with Crippen molar-refractivity contribution in [2.75, 3.05) is 11.4 Å². The van der Waals surface area contributed by atoms with Gasteiger partial charge in [-0.15, -0.1) is 0 Å². The van der Waals surface area contributed by atoms with Crippen molar-refractivity contribution in [1.82, 2.24) is 0 Å². The van der Waals surface area contributed by atoms with E-state index < -0.39 is 24.2 Å². The van der Waals surface area contributed by atoms with Gasteiger partial charge in [-0.25, -0.2) is 4.39 Å². The predicted octanol–water partition coefficient (Wildman–Crippen LogP) is 2.49. The fourth-order valence-corrected chi connectivity index (χ4v) is 1.97. The number of carbonyl (C=O) groups excluding carboxylic acids is 1.